The number of hydrogen-bond acceptors (Lipinski definition) is 4. The summed E-state index contributed by atoms with van der Waals surface area (Å²) in [6, 6.07) is 0.246. The quantitative estimate of drug-likeness (QED) is 0.531. The number of sulfone groups is 1. The molecule has 0 amide bonds. The van der Waals surface area contributed by atoms with Gasteiger partial charge in [0, 0.05) is 6.26 Å². The van der Waals surface area contributed by atoms with E-state index in [2.05, 4.69) is 22.4 Å². The lowest BCUT2D eigenvalue weighted by atomic mass is 9.95. The second-order valence-electron chi connectivity index (χ2n) is 4.38. The van der Waals surface area contributed by atoms with Crippen molar-refractivity contribution in [1.82, 2.24) is 0 Å². The number of rotatable bonds is 2. The van der Waals surface area contributed by atoms with Crippen molar-refractivity contribution in [2.75, 3.05) is 6.26 Å². The Balaban J connectivity index is 2.14. The van der Waals surface area contributed by atoms with Gasteiger partial charge in [-0.05, 0) is 43.3 Å². The third-order valence-electron chi connectivity index (χ3n) is 3.52. The van der Waals surface area contributed by atoms with Gasteiger partial charge in [0.05, 0.1) is 16.5 Å². The van der Waals surface area contributed by atoms with Crippen molar-refractivity contribution < 1.29 is 8.42 Å². The maximum Gasteiger partial charge on any atom is 0.150 e. The molecule has 4 atom stereocenters. The number of isothiocyanates is 1. The van der Waals surface area contributed by atoms with Crippen molar-refractivity contribution in [3.05, 3.63) is 0 Å². The SMILES string of the molecule is CS(=O)(=O)[C@H]1CC2CC1C[C@@H]2N=C=S. The van der Waals surface area contributed by atoms with Crippen molar-refractivity contribution in [2.45, 2.75) is 30.6 Å². The smallest absolute Gasteiger partial charge is 0.150 e. The molecule has 2 bridgehead atoms. The normalized spacial score (nSPS) is 40.9. The van der Waals surface area contributed by atoms with Gasteiger partial charge in [-0.2, -0.15) is 0 Å². The zero-order valence-corrected chi connectivity index (χ0v) is 9.64. The molecule has 2 unspecified atom stereocenters. The molecule has 14 heavy (non-hydrogen) atoms. The van der Waals surface area contributed by atoms with Crippen LogP contribution < -0.4 is 0 Å². The third-order valence-corrected chi connectivity index (χ3v) is 5.31. The highest BCUT2D eigenvalue weighted by Crippen LogP contribution is 2.48. The summed E-state index contributed by atoms with van der Waals surface area (Å²) >= 11 is 4.57. The highest BCUT2D eigenvalue weighted by Gasteiger charge is 2.49. The molecule has 0 heterocycles. The minimum Gasteiger partial charge on any atom is -0.229 e. The van der Waals surface area contributed by atoms with Crippen molar-refractivity contribution in [2.24, 2.45) is 16.8 Å². The lowest BCUT2D eigenvalue weighted by Gasteiger charge is -2.23. The fourth-order valence-corrected chi connectivity index (χ4v) is 4.60. The minimum atomic E-state index is -2.86. The molecule has 5 heteroatoms. The Morgan fingerprint density at radius 1 is 1.29 bits per heavy atom. The van der Waals surface area contributed by atoms with E-state index in [0.717, 1.165) is 19.3 Å². The standard InChI is InChI=1S/C9H13NO2S2/c1-14(11,12)9-4-6-2-7(9)3-8(6)10-5-13/h6-9H,2-4H2,1H3/t6?,7?,8-,9-/m0/s1. The molecular weight excluding hydrogens is 218 g/mol. The fraction of sp³-hybridized carbons (Fsp3) is 0.889. The summed E-state index contributed by atoms with van der Waals surface area (Å²) in [6.45, 7) is 0. The second-order valence-corrected chi connectivity index (χ2v) is 6.83. The molecule has 0 aromatic heterocycles. The number of nitrogens with zero attached hydrogens (tertiary/aromatic N) is 1. The van der Waals surface area contributed by atoms with E-state index >= 15 is 0 Å². The van der Waals surface area contributed by atoms with Crippen LogP contribution in [0.3, 0.4) is 0 Å². The molecule has 2 rings (SSSR count). The lowest BCUT2D eigenvalue weighted by molar-refractivity contribution is 0.417. The molecule has 2 fully saturated rings. The van der Waals surface area contributed by atoms with E-state index in [0.29, 0.717) is 11.8 Å². The first-order chi connectivity index (χ1) is 6.52. The predicted octanol–water partition coefficient (Wildman–Crippen LogP) is 1.30. The van der Waals surface area contributed by atoms with Crippen molar-refractivity contribution in [3.8, 4) is 0 Å². The number of thiocarbonyl (C=S) groups is 1. The van der Waals surface area contributed by atoms with Crippen LogP contribution in [0, 0.1) is 11.8 Å². The Morgan fingerprint density at radius 2 is 2.00 bits per heavy atom. The Morgan fingerprint density at radius 3 is 2.43 bits per heavy atom. The van der Waals surface area contributed by atoms with Gasteiger partial charge >= 0.3 is 0 Å². The molecule has 2 saturated carbocycles. The van der Waals surface area contributed by atoms with Crippen LogP contribution >= 0.6 is 12.2 Å². The molecule has 0 aromatic carbocycles. The zero-order chi connectivity index (χ0) is 10.3. The van der Waals surface area contributed by atoms with Gasteiger partial charge in [0.1, 0.15) is 0 Å². The van der Waals surface area contributed by atoms with Crippen molar-refractivity contribution >= 4 is 27.2 Å². The average molecular weight is 231 g/mol. The molecule has 0 aromatic rings. The Bertz CT molecular complexity index is 384. The van der Waals surface area contributed by atoms with Gasteiger partial charge in [0.2, 0.25) is 0 Å². The van der Waals surface area contributed by atoms with E-state index in [1.54, 1.807) is 0 Å². The summed E-state index contributed by atoms with van der Waals surface area (Å²) in [7, 11) is -2.86. The number of hydrogen-bond donors (Lipinski definition) is 0. The van der Waals surface area contributed by atoms with Crippen LogP contribution in [0.25, 0.3) is 0 Å². The van der Waals surface area contributed by atoms with Crippen LogP contribution in [0.15, 0.2) is 4.99 Å². The average Bonchev–Trinajstić information content (AvgIpc) is 2.61. The minimum absolute atomic E-state index is 0.121. The maximum atomic E-state index is 11.4. The summed E-state index contributed by atoms with van der Waals surface area (Å²) in [5, 5.41) is 2.29. The molecule has 3 nitrogen and oxygen atoms in total. The van der Waals surface area contributed by atoms with Gasteiger partial charge in [-0.15, -0.1) is 0 Å². The first kappa shape index (κ1) is 10.3. The lowest BCUT2D eigenvalue weighted by Crippen LogP contribution is -2.30. The topological polar surface area (TPSA) is 46.5 Å². The zero-order valence-electron chi connectivity index (χ0n) is 8.01. The summed E-state index contributed by atoms with van der Waals surface area (Å²) in [4.78, 5) is 4.09. The first-order valence-corrected chi connectivity index (χ1v) is 7.14. The third kappa shape index (κ3) is 1.64. The second kappa shape index (κ2) is 3.40. The highest BCUT2D eigenvalue weighted by atomic mass is 32.2. The highest BCUT2D eigenvalue weighted by molar-refractivity contribution is 7.91. The molecule has 0 aliphatic heterocycles. The number of aliphatic imine (C=N–C) groups is 1. The molecule has 78 valence electrons. The van der Waals surface area contributed by atoms with Gasteiger partial charge in [0.25, 0.3) is 0 Å². The molecule has 0 spiro atoms. The monoisotopic (exact) mass is 231 g/mol. The Hall–Kier alpha value is -0.250. The van der Waals surface area contributed by atoms with Crippen LogP contribution in [0.5, 0.6) is 0 Å². The van der Waals surface area contributed by atoms with E-state index < -0.39 is 9.84 Å². The van der Waals surface area contributed by atoms with E-state index in [1.807, 2.05) is 0 Å². The van der Waals surface area contributed by atoms with Crippen LogP contribution in [-0.4, -0.2) is 31.1 Å². The Labute approximate surface area is 89.5 Å². The number of fused-ring (bicyclic) bond motifs is 2. The van der Waals surface area contributed by atoms with Gasteiger partial charge in [-0.25, -0.2) is 13.4 Å². The van der Waals surface area contributed by atoms with E-state index in [4.69, 9.17) is 0 Å². The first-order valence-electron chi connectivity index (χ1n) is 4.78. The Kier molecular flexibility index (Phi) is 2.50. The van der Waals surface area contributed by atoms with E-state index in [9.17, 15) is 8.42 Å². The fourth-order valence-electron chi connectivity index (χ4n) is 2.94. The largest absolute Gasteiger partial charge is 0.229 e. The van der Waals surface area contributed by atoms with Crippen molar-refractivity contribution in [1.29, 1.82) is 0 Å². The van der Waals surface area contributed by atoms with E-state index in [-0.39, 0.29) is 11.3 Å². The summed E-state index contributed by atoms with van der Waals surface area (Å²) in [5.41, 5.74) is 0. The predicted molar refractivity (Wildman–Crippen MR) is 58.3 cm³/mol. The summed E-state index contributed by atoms with van der Waals surface area (Å²) in [6.07, 6.45) is 4.00. The van der Waals surface area contributed by atoms with Gasteiger partial charge < -0.3 is 0 Å². The van der Waals surface area contributed by atoms with Crippen LogP contribution in [0.2, 0.25) is 0 Å². The summed E-state index contributed by atoms with van der Waals surface area (Å²) < 4.78 is 22.8. The van der Waals surface area contributed by atoms with Gasteiger partial charge in [0.15, 0.2) is 9.84 Å². The molecule has 0 radical (unpaired) electrons. The molecule has 0 N–H and O–H groups in total. The summed E-state index contributed by atoms with van der Waals surface area (Å²) in [5.74, 6) is 0.738. The van der Waals surface area contributed by atoms with Crippen LogP contribution in [-0.2, 0) is 9.84 Å². The molecular formula is C9H13NO2S2. The van der Waals surface area contributed by atoms with Gasteiger partial charge in [-0.1, -0.05) is 0 Å². The molecule has 2 aliphatic carbocycles. The van der Waals surface area contributed by atoms with Crippen LogP contribution in [0.4, 0.5) is 0 Å². The van der Waals surface area contributed by atoms with Crippen molar-refractivity contribution in [3.63, 3.8) is 0 Å². The molecule has 0 saturated heterocycles. The maximum absolute atomic E-state index is 11.4. The molecule has 2 aliphatic rings. The van der Waals surface area contributed by atoms with Gasteiger partial charge in [-0.3, -0.25) is 0 Å². The van der Waals surface area contributed by atoms with Crippen LogP contribution in [0.1, 0.15) is 19.3 Å². The van der Waals surface area contributed by atoms with E-state index in [1.165, 1.54) is 6.26 Å².